The van der Waals surface area contributed by atoms with Gasteiger partial charge in [-0.15, -0.1) is 0 Å². The molecule has 0 heterocycles. The van der Waals surface area contributed by atoms with E-state index in [0.29, 0.717) is 6.54 Å². The summed E-state index contributed by atoms with van der Waals surface area (Å²) in [5.41, 5.74) is 0.488. The minimum Gasteiger partial charge on any atom is -0.459 e. The van der Waals surface area contributed by atoms with Gasteiger partial charge < -0.3 is 15.0 Å². The number of carbonyl (C=O) groups excluding carboxylic acids is 2. The van der Waals surface area contributed by atoms with Gasteiger partial charge in [-0.25, -0.2) is 0 Å². The van der Waals surface area contributed by atoms with Crippen LogP contribution in [0.3, 0.4) is 0 Å². The van der Waals surface area contributed by atoms with Gasteiger partial charge in [0.2, 0.25) is 5.91 Å². The van der Waals surface area contributed by atoms with Crippen molar-refractivity contribution >= 4 is 11.9 Å². The van der Waals surface area contributed by atoms with E-state index in [0.717, 1.165) is 5.56 Å². The first-order valence-corrected chi connectivity index (χ1v) is 7.41. The van der Waals surface area contributed by atoms with Crippen LogP contribution in [0.15, 0.2) is 30.3 Å². The second kappa shape index (κ2) is 7.94. The average Bonchev–Trinajstić information content (AvgIpc) is 2.43. The van der Waals surface area contributed by atoms with Crippen LogP contribution in [0, 0.1) is 0 Å². The number of hydrogen-bond donors (Lipinski definition) is 1. The molecule has 0 bridgehead atoms. The predicted molar refractivity (Wildman–Crippen MR) is 86.2 cm³/mol. The number of nitrogens with zero attached hydrogens (tertiary/aromatic N) is 1. The molecule has 0 unspecified atom stereocenters. The van der Waals surface area contributed by atoms with E-state index in [2.05, 4.69) is 5.32 Å². The van der Waals surface area contributed by atoms with Gasteiger partial charge >= 0.3 is 5.97 Å². The highest BCUT2D eigenvalue weighted by Gasteiger charge is 2.27. The number of esters is 1. The molecule has 0 saturated heterocycles. The summed E-state index contributed by atoms with van der Waals surface area (Å²) in [4.78, 5) is 25.9. The summed E-state index contributed by atoms with van der Waals surface area (Å²) < 4.78 is 5.32. The van der Waals surface area contributed by atoms with Crippen LogP contribution in [0.4, 0.5) is 0 Å². The number of benzene rings is 1. The summed E-state index contributed by atoms with van der Waals surface area (Å²) in [6.07, 6.45) is 0.0781. The third-order valence-electron chi connectivity index (χ3n) is 3.11. The van der Waals surface area contributed by atoms with Crippen LogP contribution in [0.1, 0.15) is 32.8 Å². The lowest BCUT2D eigenvalue weighted by molar-refractivity contribution is -0.159. The summed E-state index contributed by atoms with van der Waals surface area (Å²) in [5.74, 6) is -0.509. The Balaban J connectivity index is 2.59. The molecule has 1 amide bonds. The lowest BCUT2D eigenvalue weighted by atomic mass is 10.1. The molecule has 0 spiro atoms. The summed E-state index contributed by atoms with van der Waals surface area (Å²) in [6, 6.07) is 9.10. The predicted octanol–water partition coefficient (Wildman–Crippen LogP) is 1.96. The summed E-state index contributed by atoms with van der Waals surface area (Å²) in [7, 11) is 3.39. The Bertz CT molecular complexity index is 494. The molecule has 0 aliphatic carbocycles. The Kier molecular flexibility index (Phi) is 6.56. The second-order valence-electron chi connectivity index (χ2n) is 6.31. The molecular formula is C17H26N2O3. The fraction of sp³-hybridized carbons (Fsp3) is 0.529. The molecule has 0 saturated carbocycles. The second-order valence-corrected chi connectivity index (χ2v) is 6.31. The van der Waals surface area contributed by atoms with E-state index in [4.69, 9.17) is 4.74 Å². The first-order valence-electron chi connectivity index (χ1n) is 7.41. The van der Waals surface area contributed by atoms with Gasteiger partial charge in [-0.05, 0) is 33.4 Å². The maximum absolute atomic E-state index is 12.3. The van der Waals surface area contributed by atoms with Gasteiger partial charge in [-0.2, -0.15) is 0 Å². The molecule has 1 atom stereocenters. The SMILES string of the molecule is CN[C@@H](CC(=O)N(C)Cc1ccccc1)C(=O)OC(C)(C)C. The molecule has 5 heteroatoms. The fourth-order valence-corrected chi connectivity index (χ4v) is 1.95. The van der Waals surface area contributed by atoms with Crippen LogP contribution in [-0.2, 0) is 20.9 Å². The van der Waals surface area contributed by atoms with Gasteiger partial charge in [0.25, 0.3) is 0 Å². The number of carbonyl (C=O) groups is 2. The molecule has 0 radical (unpaired) electrons. The molecule has 0 aromatic heterocycles. The van der Waals surface area contributed by atoms with Crippen LogP contribution in [0.25, 0.3) is 0 Å². The standard InChI is InChI=1S/C17H26N2O3/c1-17(2,3)22-16(21)14(18-4)11-15(20)19(5)12-13-9-7-6-8-10-13/h6-10,14,18H,11-12H2,1-5H3/t14-/m0/s1. The van der Waals surface area contributed by atoms with Gasteiger partial charge in [-0.3, -0.25) is 9.59 Å². The summed E-state index contributed by atoms with van der Waals surface area (Å²) in [5, 5.41) is 2.85. The quantitative estimate of drug-likeness (QED) is 0.816. The molecule has 22 heavy (non-hydrogen) atoms. The minimum atomic E-state index is -0.634. The zero-order chi connectivity index (χ0) is 16.8. The van der Waals surface area contributed by atoms with E-state index in [9.17, 15) is 9.59 Å². The van der Waals surface area contributed by atoms with E-state index in [1.807, 2.05) is 30.3 Å². The van der Waals surface area contributed by atoms with Crippen molar-refractivity contribution in [1.82, 2.24) is 10.2 Å². The van der Waals surface area contributed by atoms with Crippen molar-refractivity contribution in [3.05, 3.63) is 35.9 Å². The van der Waals surface area contributed by atoms with Gasteiger partial charge in [0.1, 0.15) is 11.6 Å². The molecule has 0 aliphatic rings. The topological polar surface area (TPSA) is 58.6 Å². The van der Waals surface area contributed by atoms with Crippen molar-refractivity contribution in [2.75, 3.05) is 14.1 Å². The smallest absolute Gasteiger partial charge is 0.324 e. The van der Waals surface area contributed by atoms with Gasteiger partial charge in [-0.1, -0.05) is 30.3 Å². The van der Waals surface area contributed by atoms with Gasteiger partial charge in [0.05, 0.1) is 6.42 Å². The zero-order valence-corrected chi connectivity index (χ0v) is 14.1. The third kappa shape index (κ3) is 6.26. The molecule has 1 rings (SSSR count). The first-order chi connectivity index (χ1) is 10.2. The van der Waals surface area contributed by atoms with Crippen molar-refractivity contribution < 1.29 is 14.3 Å². The number of nitrogens with one attached hydrogen (secondary N) is 1. The third-order valence-corrected chi connectivity index (χ3v) is 3.11. The lowest BCUT2D eigenvalue weighted by Gasteiger charge is -2.25. The van der Waals surface area contributed by atoms with Crippen LogP contribution in [-0.4, -0.2) is 42.5 Å². The molecule has 0 fully saturated rings. The molecular weight excluding hydrogens is 280 g/mol. The molecule has 122 valence electrons. The average molecular weight is 306 g/mol. The Morgan fingerprint density at radius 3 is 2.32 bits per heavy atom. The maximum atomic E-state index is 12.3. The summed E-state index contributed by atoms with van der Waals surface area (Å²) >= 11 is 0. The molecule has 1 N–H and O–H groups in total. The normalized spacial score (nSPS) is 12.6. The van der Waals surface area contributed by atoms with Crippen molar-refractivity contribution in [2.24, 2.45) is 0 Å². The minimum absolute atomic E-state index is 0.0781. The van der Waals surface area contributed by atoms with E-state index < -0.39 is 17.6 Å². The van der Waals surface area contributed by atoms with Crippen LogP contribution in [0.5, 0.6) is 0 Å². The van der Waals surface area contributed by atoms with Crippen molar-refractivity contribution in [3.63, 3.8) is 0 Å². The monoisotopic (exact) mass is 306 g/mol. The molecule has 0 aliphatic heterocycles. The van der Waals surface area contributed by atoms with Gasteiger partial charge in [0, 0.05) is 13.6 Å². The number of hydrogen-bond acceptors (Lipinski definition) is 4. The molecule has 1 aromatic carbocycles. The Morgan fingerprint density at radius 1 is 1.23 bits per heavy atom. The van der Waals surface area contributed by atoms with Crippen molar-refractivity contribution in [1.29, 1.82) is 0 Å². The van der Waals surface area contributed by atoms with Crippen LogP contribution in [0.2, 0.25) is 0 Å². The van der Waals surface area contributed by atoms with Crippen molar-refractivity contribution in [3.8, 4) is 0 Å². The maximum Gasteiger partial charge on any atom is 0.324 e. The Hall–Kier alpha value is -1.88. The van der Waals surface area contributed by atoms with E-state index in [-0.39, 0.29) is 12.3 Å². The first kappa shape index (κ1) is 18.2. The number of ether oxygens (including phenoxy) is 1. The molecule has 5 nitrogen and oxygen atoms in total. The lowest BCUT2D eigenvalue weighted by Crippen LogP contribution is -2.43. The highest BCUT2D eigenvalue weighted by Crippen LogP contribution is 2.11. The number of amides is 1. The summed E-state index contributed by atoms with van der Waals surface area (Å²) in [6.45, 7) is 5.94. The van der Waals surface area contributed by atoms with E-state index in [1.165, 1.54) is 0 Å². The highest BCUT2D eigenvalue weighted by atomic mass is 16.6. The number of rotatable bonds is 6. The number of likely N-dealkylation sites (N-methyl/N-ethyl adjacent to an activating group) is 1. The largest absolute Gasteiger partial charge is 0.459 e. The van der Waals surface area contributed by atoms with Gasteiger partial charge in [0.15, 0.2) is 0 Å². The van der Waals surface area contributed by atoms with E-state index in [1.54, 1.807) is 39.8 Å². The fourth-order valence-electron chi connectivity index (χ4n) is 1.95. The highest BCUT2D eigenvalue weighted by molar-refractivity contribution is 5.85. The van der Waals surface area contributed by atoms with Crippen LogP contribution < -0.4 is 5.32 Å². The van der Waals surface area contributed by atoms with Crippen LogP contribution >= 0.6 is 0 Å². The Morgan fingerprint density at radius 2 is 1.82 bits per heavy atom. The molecule has 1 aromatic rings. The van der Waals surface area contributed by atoms with E-state index >= 15 is 0 Å². The Labute approximate surface area is 132 Å². The van der Waals surface area contributed by atoms with Crippen molar-refractivity contribution in [2.45, 2.75) is 45.4 Å². The zero-order valence-electron chi connectivity index (χ0n) is 14.1.